The van der Waals surface area contributed by atoms with E-state index in [-0.39, 0.29) is 0 Å². The lowest BCUT2D eigenvalue weighted by Crippen LogP contribution is -2.05. The molecule has 0 saturated heterocycles. The van der Waals surface area contributed by atoms with Crippen molar-refractivity contribution in [2.75, 3.05) is 0 Å². The Hall–Kier alpha value is -0.790. The number of nitrogens with one attached hydrogen (secondary N) is 1. The summed E-state index contributed by atoms with van der Waals surface area (Å²) < 4.78 is 0. The van der Waals surface area contributed by atoms with Gasteiger partial charge in [0.2, 0.25) is 0 Å². The molecule has 0 spiro atoms. The Balaban J connectivity index is 2.04. The van der Waals surface area contributed by atoms with Crippen molar-refractivity contribution in [3.05, 3.63) is 23.9 Å². The van der Waals surface area contributed by atoms with Crippen molar-refractivity contribution in [2.45, 2.75) is 32.1 Å². The minimum absolute atomic E-state index is 1.18. The van der Waals surface area contributed by atoms with Crippen LogP contribution in [0.1, 0.15) is 37.8 Å². The van der Waals surface area contributed by atoms with Crippen LogP contribution < -0.4 is 0 Å². The standard InChI is InChI=1S/C9H13N2/c1-2-4-8(5-3-1)9-6-7-10-11-9/h6-7H,1-5H2,(H,10,11). The minimum Gasteiger partial charge on any atom is -0.285 e. The smallest absolute Gasteiger partial charge is 0.0693 e. The molecule has 1 heterocycles. The molecule has 1 aromatic rings. The predicted molar refractivity (Wildman–Crippen MR) is 44.0 cm³/mol. The van der Waals surface area contributed by atoms with Crippen molar-refractivity contribution in [3.8, 4) is 0 Å². The Bertz CT molecular complexity index is 197. The van der Waals surface area contributed by atoms with Gasteiger partial charge in [0.05, 0.1) is 5.69 Å². The first-order chi connectivity index (χ1) is 5.47. The Labute approximate surface area is 67.0 Å². The lowest BCUT2D eigenvalue weighted by molar-refractivity contribution is 0.546. The first-order valence-electron chi connectivity index (χ1n) is 4.32. The summed E-state index contributed by atoms with van der Waals surface area (Å²) in [5, 5.41) is 7.03. The number of aromatic amines is 1. The molecule has 0 aliphatic heterocycles. The highest BCUT2D eigenvalue weighted by Gasteiger charge is 2.17. The van der Waals surface area contributed by atoms with Gasteiger partial charge in [-0.15, -0.1) is 0 Å². The third-order valence-electron chi connectivity index (χ3n) is 2.32. The molecule has 1 aliphatic carbocycles. The normalized spacial score (nSPS) is 20.4. The summed E-state index contributed by atoms with van der Waals surface area (Å²) in [5.41, 5.74) is 1.18. The van der Waals surface area contributed by atoms with E-state index in [1.807, 2.05) is 6.20 Å². The lowest BCUT2D eigenvalue weighted by Gasteiger charge is -2.18. The summed E-state index contributed by atoms with van der Waals surface area (Å²) in [6.45, 7) is 0. The van der Waals surface area contributed by atoms with Gasteiger partial charge in [0.25, 0.3) is 0 Å². The third kappa shape index (κ3) is 1.44. The Morgan fingerprint density at radius 2 is 2.00 bits per heavy atom. The average molecular weight is 149 g/mol. The summed E-state index contributed by atoms with van der Waals surface area (Å²) >= 11 is 0. The summed E-state index contributed by atoms with van der Waals surface area (Å²) in [6, 6.07) is 2.07. The van der Waals surface area contributed by atoms with E-state index in [1.165, 1.54) is 43.7 Å². The van der Waals surface area contributed by atoms with Gasteiger partial charge in [-0.3, -0.25) is 5.10 Å². The maximum Gasteiger partial charge on any atom is 0.0693 e. The van der Waals surface area contributed by atoms with E-state index in [4.69, 9.17) is 0 Å². The highest BCUT2D eigenvalue weighted by Crippen LogP contribution is 2.29. The van der Waals surface area contributed by atoms with E-state index < -0.39 is 0 Å². The first kappa shape index (κ1) is 6.89. The molecule has 2 rings (SSSR count). The molecule has 1 N–H and O–H groups in total. The zero-order valence-corrected chi connectivity index (χ0v) is 6.64. The van der Waals surface area contributed by atoms with Crippen molar-refractivity contribution in [1.29, 1.82) is 0 Å². The summed E-state index contributed by atoms with van der Waals surface area (Å²) in [5.74, 6) is 1.54. The molecule has 0 amide bonds. The molecule has 0 atom stereocenters. The minimum atomic E-state index is 1.18. The molecule has 2 nitrogen and oxygen atoms in total. The number of H-pyrrole nitrogens is 1. The monoisotopic (exact) mass is 149 g/mol. The molecular weight excluding hydrogens is 136 g/mol. The van der Waals surface area contributed by atoms with Crippen molar-refractivity contribution in [3.63, 3.8) is 0 Å². The van der Waals surface area contributed by atoms with Crippen molar-refractivity contribution < 1.29 is 0 Å². The van der Waals surface area contributed by atoms with Gasteiger partial charge in [-0.05, 0) is 18.9 Å². The highest BCUT2D eigenvalue weighted by molar-refractivity contribution is 5.21. The average Bonchev–Trinajstić information content (AvgIpc) is 2.58. The summed E-state index contributed by atoms with van der Waals surface area (Å²) in [4.78, 5) is 0. The molecule has 1 aromatic heterocycles. The fourth-order valence-electron chi connectivity index (χ4n) is 1.69. The molecule has 1 aliphatic rings. The topological polar surface area (TPSA) is 28.7 Å². The largest absolute Gasteiger partial charge is 0.285 e. The zero-order chi connectivity index (χ0) is 7.52. The molecule has 0 bridgehead atoms. The fourth-order valence-corrected chi connectivity index (χ4v) is 1.69. The maximum atomic E-state index is 4.18. The van der Waals surface area contributed by atoms with E-state index in [0.717, 1.165) is 0 Å². The van der Waals surface area contributed by atoms with E-state index in [9.17, 15) is 0 Å². The fraction of sp³-hybridized carbons (Fsp3) is 0.556. The molecule has 2 heteroatoms. The van der Waals surface area contributed by atoms with Crippen molar-refractivity contribution in [1.82, 2.24) is 10.2 Å². The Kier molecular flexibility index (Phi) is 1.93. The van der Waals surface area contributed by atoms with Crippen LogP contribution in [0.4, 0.5) is 0 Å². The van der Waals surface area contributed by atoms with E-state index in [1.54, 1.807) is 0 Å². The third-order valence-corrected chi connectivity index (χ3v) is 2.32. The second kappa shape index (κ2) is 3.07. The van der Waals surface area contributed by atoms with Crippen LogP contribution >= 0.6 is 0 Å². The number of nitrogens with zero attached hydrogens (tertiary/aromatic N) is 1. The summed E-state index contributed by atoms with van der Waals surface area (Å²) in [7, 11) is 0. The maximum absolute atomic E-state index is 4.18. The molecule has 1 fully saturated rings. The first-order valence-corrected chi connectivity index (χ1v) is 4.32. The molecular formula is C9H13N2. The number of rotatable bonds is 1. The SMILES string of the molecule is c1cc([C]2CCCCC2)n[nH]1. The van der Waals surface area contributed by atoms with Gasteiger partial charge >= 0.3 is 0 Å². The van der Waals surface area contributed by atoms with Gasteiger partial charge < -0.3 is 0 Å². The molecule has 0 aromatic carbocycles. The van der Waals surface area contributed by atoms with E-state index in [2.05, 4.69) is 16.3 Å². The second-order valence-corrected chi connectivity index (χ2v) is 3.12. The van der Waals surface area contributed by atoms with Crippen LogP contribution in [0.15, 0.2) is 12.3 Å². The predicted octanol–water partition coefficient (Wildman–Crippen LogP) is 2.30. The van der Waals surface area contributed by atoms with Crippen LogP contribution in [-0.2, 0) is 0 Å². The van der Waals surface area contributed by atoms with Crippen LogP contribution in [0.3, 0.4) is 0 Å². The number of aromatic nitrogens is 2. The second-order valence-electron chi connectivity index (χ2n) is 3.12. The van der Waals surface area contributed by atoms with Crippen LogP contribution in [-0.4, -0.2) is 10.2 Å². The van der Waals surface area contributed by atoms with Crippen LogP contribution in [0.2, 0.25) is 0 Å². The van der Waals surface area contributed by atoms with Gasteiger partial charge in [0.1, 0.15) is 0 Å². The number of hydrogen-bond acceptors (Lipinski definition) is 1. The van der Waals surface area contributed by atoms with Crippen molar-refractivity contribution in [2.24, 2.45) is 0 Å². The highest BCUT2D eigenvalue weighted by atomic mass is 15.1. The van der Waals surface area contributed by atoms with Gasteiger partial charge in [-0.2, -0.15) is 5.10 Å². The molecule has 11 heavy (non-hydrogen) atoms. The molecule has 1 radical (unpaired) electrons. The van der Waals surface area contributed by atoms with Gasteiger partial charge in [-0.1, -0.05) is 19.3 Å². The Morgan fingerprint density at radius 3 is 2.64 bits per heavy atom. The van der Waals surface area contributed by atoms with Crippen molar-refractivity contribution >= 4 is 0 Å². The Morgan fingerprint density at radius 1 is 1.18 bits per heavy atom. The molecule has 59 valence electrons. The molecule has 0 unspecified atom stereocenters. The quantitative estimate of drug-likeness (QED) is 0.652. The molecule has 1 saturated carbocycles. The van der Waals surface area contributed by atoms with E-state index in [0.29, 0.717) is 0 Å². The van der Waals surface area contributed by atoms with Crippen LogP contribution in [0, 0.1) is 5.92 Å². The van der Waals surface area contributed by atoms with E-state index >= 15 is 0 Å². The van der Waals surface area contributed by atoms with Gasteiger partial charge in [0.15, 0.2) is 0 Å². The van der Waals surface area contributed by atoms with Gasteiger partial charge in [0, 0.05) is 12.1 Å². The number of hydrogen-bond donors (Lipinski definition) is 1. The zero-order valence-electron chi connectivity index (χ0n) is 6.64. The lowest BCUT2D eigenvalue weighted by atomic mass is 9.87. The summed E-state index contributed by atoms with van der Waals surface area (Å²) in [6.07, 6.45) is 8.50. The van der Waals surface area contributed by atoms with Gasteiger partial charge in [-0.25, -0.2) is 0 Å². The van der Waals surface area contributed by atoms with Crippen LogP contribution in [0.5, 0.6) is 0 Å². The van der Waals surface area contributed by atoms with Crippen LogP contribution in [0.25, 0.3) is 0 Å².